The van der Waals surface area contributed by atoms with E-state index in [9.17, 15) is 0 Å². The summed E-state index contributed by atoms with van der Waals surface area (Å²) in [7, 11) is 0. The van der Waals surface area contributed by atoms with Crippen molar-refractivity contribution in [1.82, 2.24) is 23.8 Å². The zero-order chi connectivity index (χ0) is 65.2. The summed E-state index contributed by atoms with van der Waals surface area (Å²) >= 11 is 0. The predicted molar refractivity (Wildman–Crippen MR) is 405 cm³/mol. The van der Waals surface area contributed by atoms with Crippen LogP contribution in [-0.4, -0.2) is 23.8 Å². The van der Waals surface area contributed by atoms with Gasteiger partial charge in [-0.1, -0.05) is 256 Å². The van der Waals surface area contributed by atoms with Crippen LogP contribution in [-0.2, 0) is 25.7 Å². The Kier molecular flexibility index (Phi) is 22.3. The topological polar surface area (TPSA) is 81.6 Å². The number of nitrogens with zero attached hydrogens (tertiary/aromatic N) is 5. The van der Waals surface area contributed by atoms with Crippen molar-refractivity contribution in [2.24, 2.45) is 0 Å². The lowest BCUT2D eigenvalue weighted by molar-refractivity contribution is 0.574. The van der Waals surface area contributed by atoms with Crippen molar-refractivity contribution in [3.63, 3.8) is 0 Å². The van der Waals surface area contributed by atoms with Gasteiger partial charge in [-0.2, -0.15) is 0 Å². The summed E-state index contributed by atoms with van der Waals surface area (Å²) in [6.07, 6.45) is 45.3. The summed E-state index contributed by atoms with van der Waals surface area (Å²) in [5.41, 5.74) is 16.5. The van der Waals surface area contributed by atoms with Crippen LogP contribution in [0.1, 0.15) is 278 Å². The number of pyridine rings is 3. The number of hydrogen-bond acceptors (Lipinski definition) is 5. The summed E-state index contributed by atoms with van der Waals surface area (Å²) in [5.74, 6) is 0. The molecule has 5 heterocycles. The molecule has 7 heteroatoms. The number of fused-ring (bicyclic) bond motifs is 8. The van der Waals surface area contributed by atoms with Gasteiger partial charge in [0.1, 0.15) is 16.8 Å². The van der Waals surface area contributed by atoms with Crippen LogP contribution in [0.4, 0.5) is 0 Å². The smallest absolute Gasteiger partial charge is 0.265 e. The minimum Gasteiger partial charge on any atom is -0.268 e. The lowest BCUT2D eigenvalue weighted by atomic mass is 9.80. The fourth-order valence-electron chi connectivity index (χ4n) is 16.4. The van der Waals surface area contributed by atoms with Crippen LogP contribution in [0.2, 0.25) is 0 Å². The molecular formula is C87H109N5O2. The van der Waals surface area contributed by atoms with E-state index in [-0.39, 0.29) is 11.1 Å². The zero-order valence-electron chi connectivity index (χ0n) is 59.0. The summed E-state index contributed by atoms with van der Waals surface area (Å²) in [5, 5.41) is 12.0. The van der Waals surface area contributed by atoms with Crippen LogP contribution < -0.4 is 11.1 Å². The van der Waals surface area contributed by atoms with Crippen molar-refractivity contribution in [3.05, 3.63) is 144 Å². The Balaban J connectivity index is 1.11. The molecular weight excluding hydrogens is 1150 g/mol. The molecule has 0 aliphatic rings. The number of aryl methyl sites for hydroxylation is 8. The third-order valence-corrected chi connectivity index (χ3v) is 21.9. The molecule has 0 N–H and O–H groups in total. The number of rotatable bonds is 38. The van der Waals surface area contributed by atoms with E-state index in [0.29, 0.717) is 16.7 Å². The lowest BCUT2D eigenvalue weighted by Crippen LogP contribution is -2.15. The molecule has 0 bridgehead atoms. The van der Waals surface area contributed by atoms with Gasteiger partial charge in [-0.3, -0.25) is 14.0 Å². The third kappa shape index (κ3) is 14.0. The lowest BCUT2D eigenvalue weighted by Gasteiger charge is -2.23. The number of unbranched alkanes of at least 4 members (excludes halogenated alkanes) is 28. The molecule has 0 radical (unpaired) electrons. The van der Waals surface area contributed by atoms with E-state index in [1.807, 2.05) is 29.6 Å². The van der Waals surface area contributed by atoms with Crippen LogP contribution in [0.3, 0.4) is 0 Å². The van der Waals surface area contributed by atoms with Crippen molar-refractivity contribution in [2.75, 3.05) is 0 Å². The third-order valence-electron chi connectivity index (χ3n) is 21.9. The van der Waals surface area contributed by atoms with Gasteiger partial charge in [-0.25, -0.2) is 19.4 Å². The molecule has 7 aromatic carbocycles. The minimum atomic E-state index is -0.0929. The van der Waals surface area contributed by atoms with Gasteiger partial charge < -0.3 is 0 Å². The fourth-order valence-corrected chi connectivity index (χ4v) is 16.4. The highest BCUT2D eigenvalue weighted by Crippen LogP contribution is 2.52. The highest BCUT2D eigenvalue weighted by atomic mass is 16.1. The van der Waals surface area contributed by atoms with Crippen molar-refractivity contribution >= 4 is 87.1 Å². The van der Waals surface area contributed by atoms with Gasteiger partial charge in [0.25, 0.3) is 11.1 Å². The van der Waals surface area contributed by atoms with Gasteiger partial charge in [0, 0.05) is 43.7 Å². The number of imidazole rings is 2. The minimum absolute atomic E-state index is 0.0149. The first-order valence-electron chi connectivity index (χ1n) is 38.1. The first-order chi connectivity index (χ1) is 46.0. The van der Waals surface area contributed by atoms with E-state index in [1.165, 1.54) is 226 Å². The summed E-state index contributed by atoms with van der Waals surface area (Å²) in [6, 6.07) is 30.8. The van der Waals surface area contributed by atoms with E-state index in [1.54, 1.807) is 0 Å². The Morgan fingerprint density at radius 1 is 0.298 bits per heavy atom. The van der Waals surface area contributed by atoms with E-state index in [2.05, 4.69) is 113 Å². The first kappa shape index (κ1) is 67.0. The molecule has 0 aliphatic carbocycles. The van der Waals surface area contributed by atoms with Gasteiger partial charge in [0.2, 0.25) is 0 Å². The second kappa shape index (κ2) is 31.3. The Hall–Kier alpha value is -6.99. The Labute approximate surface area is 561 Å². The summed E-state index contributed by atoms with van der Waals surface area (Å²) in [4.78, 5) is 47.3. The molecule has 0 unspecified atom stereocenters. The molecule has 0 fully saturated rings. The van der Waals surface area contributed by atoms with Crippen LogP contribution >= 0.6 is 0 Å². The number of aromatic nitrogens is 5. The maximum Gasteiger partial charge on any atom is 0.265 e. The van der Waals surface area contributed by atoms with Gasteiger partial charge in [-0.05, 0) is 192 Å². The molecule has 7 nitrogen and oxygen atoms in total. The quantitative estimate of drug-likeness (QED) is 0.0219. The number of benzene rings is 7. The van der Waals surface area contributed by atoms with Gasteiger partial charge in [0.15, 0.2) is 5.65 Å². The highest BCUT2D eigenvalue weighted by molar-refractivity contribution is 6.44. The number of hydrogen-bond donors (Lipinski definition) is 0. The molecule has 494 valence electrons. The first-order valence-corrected chi connectivity index (χ1v) is 38.1. The van der Waals surface area contributed by atoms with Crippen LogP contribution in [0, 0.1) is 27.7 Å². The average Bonchev–Trinajstić information content (AvgIpc) is 0.958. The zero-order valence-corrected chi connectivity index (χ0v) is 59.0. The van der Waals surface area contributed by atoms with Crippen LogP contribution in [0.25, 0.3) is 109 Å². The molecule has 5 aromatic heterocycles. The normalized spacial score (nSPS) is 12.4. The van der Waals surface area contributed by atoms with Crippen molar-refractivity contribution in [1.29, 1.82) is 0 Å². The van der Waals surface area contributed by atoms with Crippen molar-refractivity contribution in [3.8, 4) is 22.3 Å². The SMILES string of the molecule is CCCCCCCCCCc1cc(CCCCCCCCCC)cc(-c2cc3c(=O)n4c(C)c(C)nc4c4ccc5c6c(-c7cc(CCCCCCCCCC)cc(CCCCCCCCCC)c7)cc7c8c(ccc(c2c5c34)c68)c(=O)n2c3nc(C)c(C)cc3nc72)c1. The van der Waals surface area contributed by atoms with Crippen LogP contribution in [0.5, 0.6) is 0 Å². The maximum absolute atomic E-state index is 15.8. The Morgan fingerprint density at radius 2 is 0.649 bits per heavy atom. The van der Waals surface area contributed by atoms with E-state index in [0.717, 1.165) is 143 Å². The molecule has 0 spiro atoms. The summed E-state index contributed by atoms with van der Waals surface area (Å²) in [6.45, 7) is 17.4. The Morgan fingerprint density at radius 3 is 1.09 bits per heavy atom. The fraction of sp³-hybridized carbons (Fsp3) is 0.506. The van der Waals surface area contributed by atoms with Crippen molar-refractivity contribution in [2.45, 2.75) is 287 Å². The largest absolute Gasteiger partial charge is 0.268 e. The standard InChI is InChI=1S/C87H109N5O2/c1-9-13-17-21-25-29-33-37-41-62-50-63(42-38-34-30-26-22-18-14-10-2)53-66(52-62)72-56-74-80-71(86(93)92-84(74)90-76-49-58(5)59(6)88-85(76)92)48-46-69-78-73(57-75-79-70(47-45-68(81(78)79)77(72)82(69)80)83-89-60(7)61(8)91(83)87(75)94)67-54-64(43-39-35-31-27-23-19-15-11-3)51-65(55-67)44-40-36-32-28-24-20-16-12-4/h45-57H,9-44H2,1-8H3. The van der Waals surface area contributed by atoms with E-state index < -0.39 is 0 Å². The molecule has 12 rings (SSSR count). The van der Waals surface area contributed by atoms with Crippen molar-refractivity contribution < 1.29 is 0 Å². The molecule has 0 aliphatic heterocycles. The van der Waals surface area contributed by atoms with E-state index >= 15 is 9.59 Å². The van der Waals surface area contributed by atoms with Gasteiger partial charge in [-0.15, -0.1) is 0 Å². The Bertz CT molecular complexity index is 4600. The van der Waals surface area contributed by atoms with Gasteiger partial charge >= 0.3 is 0 Å². The van der Waals surface area contributed by atoms with E-state index in [4.69, 9.17) is 15.0 Å². The molecule has 0 atom stereocenters. The molecule has 0 saturated heterocycles. The molecule has 0 amide bonds. The average molecular weight is 1260 g/mol. The summed E-state index contributed by atoms with van der Waals surface area (Å²) < 4.78 is 3.70. The molecule has 94 heavy (non-hydrogen) atoms. The van der Waals surface area contributed by atoms with Gasteiger partial charge in [0.05, 0.1) is 5.69 Å². The molecule has 12 aromatic rings. The highest BCUT2D eigenvalue weighted by Gasteiger charge is 2.29. The predicted octanol–water partition coefficient (Wildman–Crippen LogP) is 24.8. The van der Waals surface area contributed by atoms with Crippen LogP contribution in [0.15, 0.2) is 88.5 Å². The maximum atomic E-state index is 15.8. The second-order valence-electron chi connectivity index (χ2n) is 29.0. The molecule has 0 saturated carbocycles. The second-order valence-corrected chi connectivity index (χ2v) is 29.0. The monoisotopic (exact) mass is 1260 g/mol.